The molecular formula is C18H18BrN3O. The van der Waals surface area contributed by atoms with Crippen LogP contribution in [0.4, 0.5) is 5.69 Å². The molecule has 1 amide bonds. The molecule has 0 saturated heterocycles. The topological polar surface area (TPSA) is 46.4 Å². The van der Waals surface area contributed by atoms with Crippen molar-refractivity contribution < 1.29 is 4.79 Å². The van der Waals surface area contributed by atoms with Gasteiger partial charge in [0, 0.05) is 11.9 Å². The van der Waals surface area contributed by atoms with Gasteiger partial charge in [-0.15, -0.1) is 0 Å². The van der Waals surface area contributed by atoms with E-state index in [0.717, 1.165) is 26.9 Å². The third-order valence-corrected chi connectivity index (χ3v) is 4.41. The van der Waals surface area contributed by atoms with E-state index in [2.05, 4.69) is 32.3 Å². The van der Waals surface area contributed by atoms with Crippen molar-refractivity contribution in [3.8, 4) is 0 Å². The Labute approximate surface area is 143 Å². The van der Waals surface area contributed by atoms with E-state index < -0.39 is 0 Å². The Morgan fingerprint density at radius 3 is 2.57 bits per heavy atom. The maximum absolute atomic E-state index is 12.8. The van der Waals surface area contributed by atoms with Crippen LogP contribution in [0.2, 0.25) is 0 Å². The van der Waals surface area contributed by atoms with Gasteiger partial charge in [-0.2, -0.15) is 0 Å². The molecule has 2 heterocycles. The second-order valence-corrected chi connectivity index (χ2v) is 6.73. The summed E-state index contributed by atoms with van der Waals surface area (Å²) in [6.07, 6.45) is 1.93. The molecule has 0 saturated carbocycles. The van der Waals surface area contributed by atoms with Crippen LogP contribution >= 0.6 is 15.9 Å². The fourth-order valence-corrected chi connectivity index (χ4v) is 3.40. The number of nitrogens with zero attached hydrogens (tertiary/aromatic N) is 2. The number of carbonyl (C=O) groups excluding carboxylic acids is 1. The second-order valence-electron chi connectivity index (χ2n) is 5.88. The first-order valence-corrected chi connectivity index (χ1v) is 8.19. The lowest BCUT2D eigenvalue weighted by Crippen LogP contribution is -2.16. The Morgan fingerprint density at radius 2 is 1.87 bits per heavy atom. The number of aromatic nitrogens is 2. The minimum atomic E-state index is -0.153. The number of aryl methyl sites for hydroxylation is 4. The third kappa shape index (κ3) is 2.88. The number of nitrogens with one attached hydrogen (secondary N) is 1. The number of hydrogen-bond acceptors (Lipinski definition) is 2. The van der Waals surface area contributed by atoms with Gasteiger partial charge in [0.1, 0.15) is 5.69 Å². The van der Waals surface area contributed by atoms with Crippen LogP contribution in [-0.2, 0) is 0 Å². The molecule has 2 aromatic heterocycles. The lowest BCUT2D eigenvalue weighted by atomic mass is 10.1. The fraction of sp³-hybridized carbons (Fsp3) is 0.222. The number of imidazole rings is 1. The van der Waals surface area contributed by atoms with Crippen molar-refractivity contribution in [2.45, 2.75) is 27.7 Å². The largest absolute Gasteiger partial charge is 0.320 e. The molecule has 0 bridgehead atoms. The average Bonchev–Trinajstić information content (AvgIpc) is 2.78. The van der Waals surface area contributed by atoms with Crippen molar-refractivity contribution in [1.29, 1.82) is 0 Å². The summed E-state index contributed by atoms with van der Waals surface area (Å²) in [5, 5.41) is 3.00. The maximum Gasteiger partial charge on any atom is 0.274 e. The Balaban J connectivity index is 2.06. The summed E-state index contributed by atoms with van der Waals surface area (Å²) in [5.74, 6) is -0.153. The van der Waals surface area contributed by atoms with E-state index in [-0.39, 0.29) is 5.91 Å². The summed E-state index contributed by atoms with van der Waals surface area (Å²) in [5.41, 5.74) is 6.11. The molecule has 0 aliphatic carbocycles. The summed E-state index contributed by atoms with van der Waals surface area (Å²) in [7, 11) is 0. The zero-order valence-electron chi connectivity index (χ0n) is 13.6. The number of amides is 1. The van der Waals surface area contributed by atoms with E-state index in [0.29, 0.717) is 11.4 Å². The predicted octanol–water partition coefficient (Wildman–Crippen LogP) is 4.58. The van der Waals surface area contributed by atoms with Crippen LogP contribution in [0.3, 0.4) is 0 Å². The number of hydrogen-bond donors (Lipinski definition) is 1. The first-order chi connectivity index (χ1) is 10.9. The Hall–Kier alpha value is -2.14. The summed E-state index contributed by atoms with van der Waals surface area (Å²) in [4.78, 5) is 17.3. The molecule has 5 heteroatoms. The number of fused-ring (bicyclic) bond motifs is 1. The van der Waals surface area contributed by atoms with Gasteiger partial charge in [0.15, 0.2) is 5.65 Å². The van der Waals surface area contributed by atoms with Gasteiger partial charge in [-0.1, -0.05) is 17.7 Å². The number of pyridine rings is 1. The van der Waals surface area contributed by atoms with Crippen LogP contribution in [-0.4, -0.2) is 15.3 Å². The van der Waals surface area contributed by atoms with E-state index in [1.165, 1.54) is 5.56 Å². The van der Waals surface area contributed by atoms with Crippen molar-refractivity contribution >= 4 is 33.2 Å². The molecular weight excluding hydrogens is 354 g/mol. The van der Waals surface area contributed by atoms with E-state index in [4.69, 9.17) is 0 Å². The summed E-state index contributed by atoms with van der Waals surface area (Å²) in [6.45, 7) is 7.87. The summed E-state index contributed by atoms with van der Waals surface area (Å²) >= 11 is 3.52. The molecule has 0 unspecified atom stereocenters. The lowest BCUT2D eigenvalue weighted by Gasteiger charge is -2.10. The van der Waals surface area contributed by atoms with Gasteiger partial charge in [0.05, 0.1) is 10.2 Å². The van der Waals surface area contributed by atoms with Crippen molar-refractivity contribution in [2.75, 3.05) is 5.32 Å². The van der Waals surface area contributed by atoms with Crippen LogP contribution in [0.15, 0.2) is 34.9 Å². The average molecular weight is 372 g/mol. The van der Waals surface area contributed by atoms with Gasteiger partial charge in [0.25, 0.3) is 5.91 Å². The summed E-state index contributed by atoms with van der Waals surface area (Å²) < 4.78 is 2.72. The zero-order valence-corrected chi connectivity index (χ0v) is 15.2. The molecule has 3 rings (SSSR count). The van der Waals surface area contributed by atoms with E-state index in [9.17, 15) is 4.79 Å². The van der Waals surface area contributed by atoms with Gasteiger partial charge in [-0.3, -0.25) is 9.20 Å². The molecule has 1 aromatic carbocycles. The van der Waals surface area contributed by atoms with Gasteiger partial charge < -0.3 is 5.32 Å². The van der Waals surface area contributed by atoms with Crippen molar-refractivity contribution in [3.05, 3.63) is 63.0 Å². The van der Waals surface area contributed by atoms with Gasteiger partial charge >= 0.3 is 0 Å². The van der Waals surface area contributed by atoms with Crippen molar-refractivity contribution in [1.82, 2.24) is 9.38 Å². The Morgan fingerprint density at radius 1 is 1.13 bits per heavy atom. The third-order valence-electron chi connectivity index (χ3n) is 3.83. The molecule has 0 atom stereocenters. The molecule has 23 heavy (non-hydrogen) atoms. The zero-order chi connectivity index (χ0) is 16.7. The fourth-order valence-electron chi connectivity index (χ4n) is 2.75. The first kappa shape index (κ1) is 15.7. The molecule has 0 aliphatic rings. The van der Waals surface area contributed by atoms with E-state index in [1.807, 2.05) is 56.5 Å². The van der Waals surface area contributed by atoms with Crippen LogP contribution in [0, 0.1) is 27.7 Å². The monoisotopic (exact) mass is 371 g/mol. The molecule has 0 fully saturated rings. The molecule has 3 aromatic rings. The number of carbonyl (C=O) groups is 1. The maximum atomic E-state index is 12.8. The molecule has 1 N–H and O–H groups in total. The highest BCUT2D eigenvalue weighted by molar-refractivity contribution is 9.10. The first-order valence-electron chi connectivity index (χ1n) is 7.40. The van der Waals surface area contributed by atoms with Crippen molar-refractivity contribution in [3.63, 3.8) is 0 Å². The van der Waals surface area contributed by atoms with Gasteiger partial charge in [-0.05, 0) is 66.9 Å². The predicted molar refractivity (Wildman–Crippen MR) is 96.2 cm³/mol. The standard InChI is InChI=1S/C18H18BrN3O/c1-10-5-6-15(12(3)7-10)21-18(23)16-13(4)20-17-14(19)8-11(2)9-22(16)17/h5-9H,1-4H3,(H,21,23). The van der Waals surface area contributed by atoms with Gasteiger partial charge in [-0.25, -0.2) is 4.98 Å². The van der Waals surface area contributed by atoms with Crippen molar-refractivity contribution in [2.24, 2.45) is 0 Å². The molecule has 0 aliphatic heterocycles. The molecule has 0 spiro atoms. The normalized spacial score (nSPS) is 11.0. The number of rotatable bonds is 2. The van der Waals surface area contributed by atoms with Crippen LogP contribution in [0.25, 0.3) is 5.65 Å². The Kier molecular flexibility index (Phi) is 3.98. The lowest BCUT2D eigenvalue weighted by molar-refractivity contribution is 0.102. The smallest absolute Gasteiger partial charge is 0.274 e. The quantitative estimate of drug-likeness (QED) is 0.716. The van der Waals surface area contributed by atoms with Gasteiger partial charge in [0.2, 0.25) is 0 Å². The summed E-state index contributed by atoms with van der Waals surface area (Å²) in [6, 6.07) is 7.97. The molecule has 4 nitrogen and oxygen atoms in total. The van der Waals surface area contributed by atoms with Crippen LogP contribution in [0.1, 0.15) is 32.9 Å². The second kappa shape index (κ2) is 5.81. The van der Waals surface area contributed by atoms with Crippen LogP contribution < -0.4 is 5.32 Å². The highest BCUT2D eigenvalue weighted by atomic mass is 79.9. The minimum Gasteiger partial charge on any atom is -0.320 e. The van der Waals surface area contributed by atoms with Crippen LogP contribution in [0.5, 0.6) is 0 Å². The van der Waals surface area contributed by atoms with E-state index in [1.54, 1.807) is 0 Å². The number of halogens is 1. The highest BCUT2D eigenvalue weighted by Gasteiger charge is 2.19. The SMILES string of the molecule is Cc1ccc(NC(=O)c2c(C)nc3c(Br)cc(C)cn23)c(C)c1. The number of anilines is 1. The minimum absolute atomic E-state index is 0.153. The van der Waals surface area contributed by atoms with E-state index >= 15 is 0 Å². The Bertz CT molecular complexity index is 928. The number of benzene rings is 1. The molecule has 0 radical (unpaired) electrons. The molecule has 118 valence electrons. The highest BCUT2D eigenvalue weighted by Crippen LogP contribution is 2.24.